The summed E-state index contributed by atoms with van der Waals surface area (Å²) in [6.45, 7) is -0.115. The summed E-state index contributed by atoms with van der Waals surface area (Å²) in [5.74, 6) is -3.14. The fraction of sp³-hybridized carbons (Fsp3) is 0.300. The number of aliphatic hydroxyl groups is 1. The van der Waals surface area contributed by atoms with Gasteiger partial charge in [0.25, 0.3) is 5.69 Å². The van der Waals surface area contributed by atoms with Crippen LogP contribution in [0.25, 0.3) is 0 Å². The highest BCUT2D eigenvalue weighted by Gasteiger charge is 2.33. The molecule has 1 atom stereocenters. The monoisotopic (exact) mass is 356 g/mol. The van der Waals surface area contributed by atoms with Gasteiger partial charge in [-0.3, -0.25) is 10.1 Å². The number of carbonyl (C=O) groups is 1. The minimum Gasteiger partial charge on any atom is -0.479 e. The smallest absolute Gasteiger partial charge is 0.336 e. The van der Waals surface area contributed by atoms with Crippen molar-refractivity contribution >= 4 is 33.3 Å². The highest BCUT2D eigenvalue weighted by molar-refractivity contribution is 7.89. The molecule has 0 aliphatic heterocycles. The van der Waals surface area contributed by atoms with Crippen molar-refractivity contribution in [2.24, 2.45) is 0 Å². The molecule has 0 aliphatic carbocycles. The molecule has 0 fully saturated rings. The Bertz CT molecular complexity index is 735. The molecule has 9 nitrogen and oxygen atoms in total. The summed E-state index contributed by atoms with van der Waals surface area (Å²) in [4.78, 5) is 19.2. The zero-order valence-electron chi connectivity index (χ0n) is 10.9. The summed E-state index contributed by atoms with van der Waals surface area (Å²) in [6, 6.07) is 0.846. The minimum absolute atomic E-state index is 0.326. The van der Waals surface area contributed by atoms with Crippen LogP contribution >= 0.6 is 11.6 Å². The highest BCUT2D eigenvalue weighted by Crippen LogP contribution is 2.29. The summed E-state index contributed by atoms with van der Waals surface area (Å²) >= 11 is 5.50. The lowest BCUT2D eigenvalue weighted by Crippen LogP contribution is -2.46. The van der Waals surface area contributed by atoms with Gasteiger partial charge in [-0.1, -0.05) is 11.6 Å². The molecule has 1 unspecified atom stereocenters. The number of rotatable bonds is 6. The Hall–Kier alpha value is -1.82. The van der Waals surface area contributed by atoms with Gasteiger partial charge in [-0.05, 0) is 13.0 Å². The van der Waals surface area contributed by atoms with Crippen molar-refractivity contribution in [1.82, 2.24) is 4.72 Å². The Kier molecular flexibility index (Phi) is 5.07. The fourth-order valence-electron chi connectivity index (χ4n) is 1.25. The van der Waals surface area contributed by atoms with Crippen molar-refractivity contribution in [2.45, 2.75) is 17.4 Å². The van der Waals surface area contributed by atoms with Crippen LogP contribution in [0, 0.1) is 15.9 Å². The first kappa shape index (κ1) is 18.2. The Labute approximate surface area is 128 Å². The third kappa shape index (κ3) is 3.88. The Morgan fingerprint density at radius 2 is 2.09 bits per heavy atom. The number of hydrogen-bond donors (Lipinski definition) is 3. The fourth-order valence-corrected chi connectivity index (χ4v) is 2.77. The van der Waals surface area contributed by atoms with Crippen molar-refractivity contribution in [3.05, 3.63) is 33.1 Å². The van der Waals surface area contributed by atoms with E-state index in [1.807, 2.05) is 0 Å². The average Bonchev–Trinajstić information content (AvgIpc) is 2.38. The second-order valence-corrected chi connectivity index (χ2v) is 6.54. The lowest BCUT2D eigenvalue weighted by molar-refractivity contribution is -0.384. The van der Waals surface area contributed by atoms with Crippen molar-refractivity contribution < 1.29 is 32.7 Å². The third-order valence-corrected chi connectivity index (χ3v) is 4.27. The number of nitro groups is 1. The van der Waals surface area contributed by atoms with Gasteiger partial charge in [0.05, 0.1) is 17.5 Å². The minimum atomic E-state index is -4.58. The quantitative estimate of drug-likeness (QED) is 0.496. The van der Waals surface area contributed by atoms with Crippen molar-refractivity contribution in [1.29, 1.82) is 0 Å². The predicted octanol–water partition coefficient (Wildman–Crippen LogP) is 0.501. The normalized spacial score (nSPS) is 14.4. The Balaban J connectivity index is 3.17. The Morgan fingerprint density at radius 3 is 2.55 bits per heavy atom. The zero-order valence-corrected chi connectivity index (χ0v) is 12.5. The molecule has 0 aliphatic rings. The highest BCUT2D eigenvalue weighted by atomic mass is 35.5. The van der Waals surface area contributed by atoms with E-state index in [1.165, 1.54) is 0 Å². The number of carboxylic acids is 1. The van der Waals surface area contributed by atoms with E-state index in [0.717, 1.165) is 6.92 Å². The number of nitrogens with one attached hydrogen (secondary N) is 1. The first-order valence-corrected chi connectivity index (χ1v) is 7.33. The van der Waals surface area contributed by atoms with Crippen LogP contribution in [0.5, 0.6) is 0 Å². The van der Waals surface area contributed by atoms with Gasteiger partial charge in [-0.15, -0.1) is 0 Å². The van der Waals surface area contributed by atoms with Crippen molar-refractivity contribution in [3.63, 3.8) is 0 Å². The molecule has 1 rings (SSSR count). The van der Waals surface area contributed by atoms with E-state index in [1.54, 1.807) is 4.72 Å². The van der Waals surface area contributed by atoms with E-state index >= 15 is 0 Å². The van der Waals surface area contributed by atoms with Crippen LogP contribution in [-0.4, -0.2) is 41.7 Å². The van der Waals surface area contributed by atoms with Gasteiger partial charge in [0.2, 0.25) is 10.0 Å². The van der Waals surface area contributed by atoms with Gasteiger partial charge >= 0.3 is 5.97 Å². The molecule has 0 spiro atoms. The van der Waals surface area contributed by atoms with Gasteiger partial charge in [0.1, 0.15) is 15.7 Å². The molecular weight excluding hydrogens is 347 g/mol. The SMILES string of the molecule is CC(O)(CNS(=O)(=O)c1cc(Cl)c([N+](=O)[O-])cc1F)C(=O)O. The maximum absolute atomic E-state index is 13.7. The summed E-state index contributed by atoms with van der Waals surface area (Å²) < 4.78 is 39.1. The van der Waals surface area contributed by atoms with Gasteiger partial charge in [0, 0.05) is 0 Å². The predicted molar refractivity (Wildman–Crippen MR) is 71.5 cm³/mol. The number of benzene rings is 1. The molecule has 1 aromatic carbocycles. The molecule has 0 radical (unpaired) electrons. The molecule has 0 saturated carbocycles. The van der Waals surface area contributed by atoms with Crippen LogP contribution in [-0.2, 0) is 14.8 Å². The van der Waals surface area contributed by atoms with Crippen molar-refractivity contribution in [2.75, 3.05) is 6.54 Å². The number of carboxylic acid groups (broad SMARTS) is 1. The van der Waals surface area contributed by atoms with Crippen molar-refractivity contribution in [3.8, 4) is 0 Å². The molecule has 12 heteroatoms. The molecule has 3 N–H and O–H groups in total. The topological polar surface area (TPSA) is 147 Å². The van der Waals surface area contributed by atoms with Crippen LogP contribution in [0.15, 0.2) is 17.0 Å². The second kappa shape index (κ2) is 6.12. The largest absolute Gasteiger partial charge is 0.479 e. The lowest BCUT2D eigenvalue weighted by Gasteiger charge is -2.18. The van der Waals surface area contributed by atoms with Gasteiger partial charge < -0.3 is 10.2 Å². The number of nitro benzene ring substituents is 1. The first-order chi connectivity index (χ1) is 9.88. The Morgan fingerprint density at radius 1 is 1.55 bits per heavy atom. The number of sulfonamides is 1. The summed E-state index contributed by atoms with van der Waals surface area (Å²) in [5.41, 5.74) is -3.25. The summed E-state index contributed by atoms with van der Waals surface area (Å²) in [7, 11) is -4.58. The summed E-state index contributed by atoms with van der Waals surface area (Å²) in [5, 5.41) is 28.0. The number of halogens is 2. The van der Waals surface area contributed by atoms with Crippen LogP contribution in [0.2, 0.25) is 5.02 Å². The zero-order chi connectivity index (χ0) is 17.3. The standard InChI is InChI=1S/C10H10ClFN2O7S/c1-10(17,9(15)16)4-13-22(20,21)8-2-5(11)7(14(18)19)3-6(8)12/h2-3,13,17H,4H2,1H3,(H,15,16). The molecular formula is C10H10ClFN2O7S. The maximum Gasteiger partial charge on any atom is 0.336 e. The first-order valence-electron chi connectivity index (χ1n) is 5.47. The molecule has 0 saturated heterocycles. The van der Waals surface area contributed by atoms with E-state index in [-0.39, 0.29) is 0 Å². The van der Waals surface area contributed by atoms with Crippen LogP contribution < -0.4 is 4.72 Å². The molecule has 1 aromatic rings. The van der Waals surface area contributed by atoms with Crippen LogP contribution in [0.4, 0.5) is 10.1 Å². The summed E-state index contributed by atoms with van der Waals surface area (Å²) in [6.07, 6.45) is 0. The van der Waals surface area contributed by atoms with E-state index in [2.05, 4.69) is 0 Å². The molecule has 22 heavy (non-hydrogen) atoms. The van der Waals surface area contributed by atoms with Crippen LogP contribution in [0.1, 0.15) is 6.92 Å². The van der Waals surface area contributed by atoms with E-state index in [0.29, 0.717) is 12.1 Å². The van der Waals surface area contributed by atoms with Gasteiger partial charge in [0.15, 0.2) is 5.60 Å². The third-order valence-electron chi connectivity index (χ3n) is 2.55. The number of hydrogen-bond acceptors (Lipinski definition) is 6. The molecule has 0 aromatic heterocycles. The molecule has 0 bridgehead atoms. The second-order valence-electron chi connectivity index (χ2n) is 4.39. The lowest BCUT2D eigenvalue weighted by atomic mass is 10.1. The van der Waals surface area contributed by atoms with E-state index < -0.39 is 54.5 Å². The van der Waals surface area contributed by atoms with Gasteiger partial charge in [-0.2, -0.15) is 0 Å². The van der Waals surface area contributed by atoms with Crippen LogP contribution in [0.3, 0.4) is 0 Å². The molecule has 0 heterocycles. The molecule has 0 amide bonds. The molecule has 122 valence electrons. The van der Waals surface area contributed by atoms with Gasteiger partial charge in [-0.25, -0.2) is 22.3 Å². The average molecular weight is 357 g/mol. The maximum atomic E-state index is 13.7. The van der Waals surface area contributed by atoms with E-state index in [4.69, 9.17) is 16.7 Å². The number of aliphatic carboxylic acids is 1. The van der Waals surface area contributed by atoms with E-state index in [9.17, 15) is 32.8 Å². The number of nitrogens with zero attached hydrogens (tertiary/aromatic N) is 1.